The Morgan fingerprint density at radius 2 is 2.07 bits per heavy atom. The molecule has 0 spiro atoms. The zero-order valence-electron chi connectivity index (χ0n) is 8.11. The normalized spacial score (nSPS) is 16.6. The molecule has 1 fully saturated rings. The van der Waals surface area contributed by atoms with Gasteiger partial charge in [-0.2, -0.15) is 0 Å². The van der Waals surface area contributed by atoms with Gasteiger partial charge in [-0.1, -0.05) is 0 Å². The number of benzene rings is 1. The molecule has 2 rings (SSSR count). The van der Waals surface area contributed by atoms with Gasteiger partial charge in [0, 0.05) is 5.69 Å². The summed E-state index contributed by atoms with van der Waals surface area (Å²) in [4.78, 5) is -0.233. The van der Waals surface area contributed by atoms with E-state index in [0.29, 0.717) is 0 Å². The van der Waals surface area contributed by atoms with Gasteiger partial charge in [0.1, 0.15) is 10.7 Å². The summed E-state index contributed by atoms with van der Waals surface area (Å²) in [5, 5.41) is 0. The predicted molar refractivity (Wildman–Crippen MR) is 55.6 cm³/mol. The van der Waals surface area contributed by atoms with Crippen molar-refractivity contribution in [2.75, 3.05) is 11.5 Å². The smallest absolute Gasteiger partial charge is 0.181 e. The van der Waals surface area contributed by atoms with Crippen molar-refractivity contribution in [3.8, 4) is 0 Å². The molecule has 0 heterocycles. The quantitative estimate of drug-likeness (QED) is 0.801. The minimum Gasteiger partial charge on any atom is -0.399 e. The topological polar surface area (TPSA) is 60.2 Å². The molecule has 1 aliphatic carbocycles. The standard InChI is InChI=1S/C10H12FNO2S/c11-9-5-8(12)3-4-10(9)15(13,14)6-7-1-2-7/h3-5,7H,1-2,6,12H2. The van der Waals surface area contributed by atoms with E-state index in [1.165, 1.54) is 12.1 Å². The largest absolute Gasteiger partial charge is 0.399 e. The Morgan fingerprint density at radius 1 is 1.40 bits per heavy atom. The minimum atomic E-state index is -3.48. The van der Waals surface area contributed by atoms with Crippen molar-refractivity contribution < 1.29 is 12.8 Å². The lowest BCUT2D eigenvalue weighted by Gasteiger charge is -2.05. The molecule has 1 saturated carbocycles. The first-order chi connectivity index (χ1) is 6.99. The molecule has 0 aromatic heterocycles. The maximum atomic E-state index is 13.4. The zero-order chi connectivity index (χ0) is 11.1. The molecule has 82 valence electrons. The highest BCUT2D eigenvalue weighted by Crippen LogP contribution is 2.32. The molecule has 0 unspecified atom stereocenters. The Hall–Kier alpha value is -1.10. The van der Waals surface area contributed by atoms with Crippen LogP contribution in [0, 0.1) is 11.7 Å². The van der Waals surface area contributed by atoms with Crippen LogP contribution in [0.4, 0.5) is 10.1 Å². The van der Waals surface area contributed by atoms with Gasteiger partial charge in [0.25, 0.3) is 0 Å². The van der Waals surface area contributed by atoms with Crippen LogP contribution in [0.1, 0.15) is 12.8 Å². The van der Waals surface area contributed by atoms with Gasteiger partial charge in [0.2, 0.25) is 0 Å². The second-order valence-electron chi connectivity index (χ2n) is 3.91. The van der Waals surface area contributed by atoms with Crippen molar-refractivity contribution >= 4 is 15.5 Å². The first kappa shape index (κ1) is 10.4. The monoisotopic (exact) mass is 229 g/mol. The van der Waals surface area contributed by atoms with Crippen LogP contribution in [0.3, 0.4) is 0 Å². The summed E-state index contributed by atoms with van der Waals surface area (Å²) in [5.41, 5.74) is 5.58. The van der Waals surface area contributed by atoms with Gasteiger partial charge in [0.15, 0.2) is 9.84 Å². The maximum Gasteiger partial charge on any atom is 0.181 e. The molecule has 0 aliphatic heterocycles. The third kappa shape index (κ3) is 2.28. The molecule has 1 aliphatic rings. The zero-order valence-corrected chi connectivity index (χ0v) is 8.93. The number of rotatable bonds is 3. The van der Waals surface area contributed by atoms with Crippen molar-refractivity contribution in [1.29, 1.82) is 0 Å². The molecule has 1 aromatic carbocycles. The van der Waals surface area contributed by atoms with Crippen molar-refractivity contribution in [2.24, 2.45) is 5.92 Å². The van der Waals surface area contributed by atoms with Crippen molar-refractivity contribution in [3.05, 3.63) is 24.0 Å². The van der Waals surface area contributed by atoms with Crippen LogP contribution in [0.2, 0.25) is 0 Å². The number of sulfone groups is 1. The SMILES string of the molecule is Nc1ccc(S(=O)(=O)CC2CC2)c(F)c1. The van der Waals surface area contributed by atoms with E-state index in [1.807, 2.05) is 0 Å². The fraction of sp³-hybridized carbons (Fsp3) is 0.400. The average molecular weight is 229 g/mol. The molecular weight excluding hydrogens is 217 g/mol. The van der Waals surface area contributed by atoms with Crippen LogP contribution >= 0.6 is 0 Å². The number of halogens is 1. The van der Waals surface area contributed by atoms with E-state index < -0.39 is 15.7 Å². The fourth-order valence-electron chi connectivity index (χ4n) is 1.45. The van der Waals surface area contributed by atoms with Gasteiger partial charge in [-0.15, -0.1) is 0 Å². The molecule has 15 heavy (non-hydrogen) atoms. The van der Waals surface area contributed by atoms with Gasteiger partial charge < -0.3 is 5.73 Å². The first-order valence-corrected chi connectivity index (χ1v) is 6.42. The Bertz CT molecular complexity index is 480. The molecule has 0 amide bonds. The highest BCUT2D eigenvalue weighted by Gasteiger charge is 2.30. The van der Waals surface area contributed by atoms with Gasteiger partial charge in [-0.25, -0.2) is 12.8 Å². The average Bonchev–Trinajstić information content (AvgIpc) is 2.86. The summed E-state index contributed by atoms with van der Waals surface area (Å²) in [6.07, 6.45) is 1.85. The molecule has 0 radical (unpaired) electrons. The number of nitrogens with two attached hydrogens (primary N) is 1. The van der Waals surface area contributed by atoms with E-state index in [1.54, 1.807) is 0 Å². The molecule has 0 bridgehead atoms. The molecule has 0 saturated heterocycles. The van der Waals surface area contributed by atoms with Gasteiger partial charge in [-0.05, 0) is 37.0 Å². The summed E-state index contributed by atoms with van der Waals surface area (Å²) in [6, 6.07) is 3.69. The van der Waals surface area contributed by atoms with Gasteiger partial charge >= 0.3 is 0 Å². The lowest BCUT2D eigenvalue weighted by molar-refractivity contribution is 0.565. The van der Waals surface area contributed by atoms with Crippen LogP contribution in [0.25, 0.3) is 0 Å². The summed E-state index contributed by atoms with van der Waals surface area (Å²) >= 11 is 0. The number of anilines is 1. The Kier molecular flexibility index (Phi) is 2.42. The third-order valence-electron chi connectivity index (χ3n) is 2.44. The van der Waals surface area contributed by atoms with Crippen LogP contribution < -0.4 is 5.73 Å². The maximum absolute atomic E-state index is 13.4. The molecule has 3 nitrogen and oxygen atoms in total. The van der Waals surface area contributed by atoms with E-state index >= 15 is 0 Å². The lowest BCUT2D eigenvalue weighted by Crippen LogP contribution is -2.10. The number of hydrogen-bond acceptors (Lipinski definition) is 3. The first-order valence-electron chi connectivity index (χ1n) is 4.77. The molecule has 1 aromatic rings. The summed E-state index contributed by atoms with van der Waals surface area (Å²) in [6.45, 7) is 0. The van der Waals surface area contributed by atoms with E-state index in [4.69, 9.17) is 5.73 Å². The second kappa shape index (κ2) is 3.48. The van der Waals surface area contributed by atoms with Crippen LogP contribution in [0.5, 0.6) is 0 Å². The highest BCUT2D eigenvalue weighted by molar-refractivity contribution is 7.91. The van der Waals surface area contributed by atoms with Crippen molar-refractivity contribution in [3.63, 3.8) is 0 Å². The Balaban J connectivity index is 2.34. The van der Waals surface area contributed by atoms with Crippen LogP contribution in [-0.4, -0.2) is 14.2 Å². The van der Waals surface area contributed by atoms with E-state index in [-0.39, 0.29) is 22.3 Å². The molecule has 2 N–H and O–H groups in total. The summed E-state index contributed by atoms with van der Waals surface area (Å²) < 4.78 is 36.8. The highest BCUT2D eigenvalue weighted by atomic mass is 32.2. The van der Waals surface area contributed by atoms with Crippen LogP contribution in [-0.2, 0) is 9.84 Å². The molecular formula is C10H12FNO2S. The van der Waals surface area contributed by atoms with E-state index in [9.17, 15) is 12.8 Å². The summed E-state index contributed by atoms with van der Waals surface area (Å²) in [5.74, 6) is -0.490. The van der Waals surface area contributed by atoms with Gasteiger partial charge in [-0.3, -0.25) is 0 Å². The van der Waals surface area contributed by atoms with Gasteiger partial charge in [0.05, 0.1) is 5.75 Å². The van der Waals surface area contributed by atoms with E-state index in [2.05, 4.69) is 0 Å². The second-order valence-corrected chi connectivity index (χ2v) is 5.92. The third-order valence-corrected chi connectivity index (χ3v) is 4.35. The number of nitrogen functional groups attached to an aromatic ring is 1. The Labute approximate surface area is 88.0 Å². The van der Waals surface area contributed by atoms with Crippen molar-refractivity contribution in [2.45, 2.75) is 17.7 Å². The summed E-state index contributed by atoms with van der Waals surface area (Å²) in [7, 11) is -3.48. The van der Waals surface area contributed by atoms with Crippen LogP contribution in [0.15, 0.2) is 23.1 Å². The molecule has 5 heteroatoms. The Morgan fingerprint density at radius 3 is 2.60 bits per heavy atom. The fourth-order valence-corrected chi connectivity index (χ4v) is 3.22. The molecule has 0 atom stereocenters. The predicted octanol–water partition coefficient (Wildman–Crippen LogP) is 1.59. The lowest BCUT2D eigenvalue weighted by atomic mass is 10.3. The van der Waals surface area contributed by atoms with Crippen molar-refractivity contribution in [1.82, 2.24) is 0 Å². The minimum absolute atomic E-state index is 0.0494. The number of hydrogen-bond donors (Lipinski definition) is 1. The van der Waals surface area contributed by atoms with E-state index in [0.717, 1.165) is 18.9 Å².